The molecule has 12 heavy (non-hydrogen) atoms. The second-order valence-corrected chi connectivity index (χ2v) is 2.75. The van der Waals surface area contributed by atoms with Gasteiger partial charge < -0.3 is 5.11 Å². The lowest BCUT2D eigenvalue weighted by molar-refractivity contribution is -0.137. The third-order valence-corrected chi connectivity index (χ3v) is 1.83. The van der Waals surface area contributed by atoms with E-state index in [2.05, 4.69) is 5.10 Å². The van der Waals surface area contributed by atoms with Gasteiger partial charge in [0.15, 0.2) is 0 Å². The van der Waals surface area contributed by atoms with Crippen LogP contribution in [0.3, 0.4) is 0 Å². The van der Waals surface area contributed by atoms with Crippen molar-refractivity contribution in [1.29, 1.82) is 0 Å². The SMILES string of the molecule is CCc1c(Cl)cnn1CC(=O)O. The Labute approximate surface area is 74.8 Å². The van der Waals surface area contributed by atoms with Crippen molar-refractivity contribution in [3.05, 3.63) is 16.9 Å². The molecule has 0 aliphatic carbocycles. The molecular weight excluding hydrogens is 180 g/mol. The summed E-state index contributed by atoms with van der Waals surface area (Å²) < 4.78 is 1.39. The van der Waals surface area contributed by atoms with E-state index in [9.17, 15) is 4.79 Å². The summed E-state index contributed by atoms with van der Waals surface area (Å²) in [5.41, 5.74) is 0.763. The Bertz CT molecular complexity index is 296. The highest BCUT2D eigenvalue weighted by molar-refractivity contribution is 6.31. The van der Waals surface area contributed by atoms with E-state index in [1.54, 1.807) is 0 Å². The first kappa shape index (κ1) is 9.06. The molecule has 1 rings (SSSR count). The van der Waals surface area contributed by atoms with Crippen molar-refractivity contribution in [1.82, 2.24) is 9.78 Å². The van der Waals surface area contributed by atoms with Gasteiger partial charge in [-0.25, -0.2) is 0 Å². The molecule has 4 nitrogen and oxygen atoms in total. The predicted octanol–water partition coefficient (Wildman–Crippen LogP) is 1.18. The summed E-state index contributed by atoms with van der Waals surface area (Å²) in [7, 11) is 0. The van der Waals surface area contributed by atoms with E-state index in [-0.39, 0.29) is 6.54 Å². The van der Waals surface area contributed by atoms with Crippen LogP contribution in [0.1, 0.15) is 12.6 Å². The van der Waals surface area contributed by atoms with E-state index in [0.29, 0.717) is 11.4 Å². The van der Waals surface area contributed by atoms with Crippen LogP contribution in [0.5, 0.6) is 0 Å². The van der Waals surface area contributed by atoms with Crippen LogP contribution in [0.4, 0.5) is 0 Å². The van der Waals surface area contributed by atoms with Gasteiger partial charge >= 0.3 is 5.97 Å². The topological polar surface area (TPSA) is 55.1 Å². The number of aromatic nitrogens is 2. The number of carbonyl (C=O) groups is 1. The summed E-state index contributed by atoms with van der Waals surface area (Å²) in [5, 5.41) is 12.8. The highest BCUT2D eigenvalue weighted by Crippen LogP contribution is 2.14. The van der Waals surface area contributed by atoms with Gasteiger partial charge in [0.2, 0.25) is 0 Å². The first-order valence-corrected chi connectivity index (χ1v) is 3.95. The number of carboxylic acid groups (broad SMARTS) is 1. The third kappa shape index (κ3) is 1.76. The summed E-state index contributed by atoms with van der Waals surface area (Å²) in [4.78, 5) is 10.3. The van der Waals surface area contributed by atoms with Gasteiger partial charge in [-0.3, -0.25) is 9.48 Å². The number of aliphatic carboxylic acids is 1. The van der Waals surface area contributed by atoms with Gasteiger partial charge in [-0.1, -0.05) is 18.5 Å². The molecular formula is C7H9ClN2O2. The second kappa shape index (κ2) is 3.58. The molecule has 0 spiro atoms. The highest BCUT2D eigenvalue weighted by Gasteiger charge is 2.08. The third-order valence-electron chi connectivity index (χ3n) is 1.52. The van der Waals surface area contributed by atoms with Crippen LogP contribution >= 0.6 is 11.6 Å². The minimum atomic E-state index is -0.913. The molecule has 1 aromatic rings. The summed E-state index contributed by atoms with van der Waals surface area (Å²) in [6.07, 6.45) is 2.15. The van der Waals surface area contributed by atoms with Gasteiger partial charge in [0.25, 0.3) is 0 Å². The van der Waals surface area contributed by atoms with Crippen molar-refractivity contribution < 1.29 is 9.90 Å². The Morgan fingerprint density at radius 2 is 2.50 bits per heavy atom. The molecule has 0 aromatic carbocycles. The normalized spacial score (nSPS) is 10.2. The summed E-state index contributed by atoms with van der Waals surface area (Å²) in [6.45, 7) is 1.77. The molecule has 0 saturated heterocycles. The standard InChI is InChI=1S/C7H9ClN2O2/c1-2-6-5(8)3-9-10(6)4-7(11)12/h3H,2,4H2,1H3,(H,11,12). The van der Waals surface area contributed by atoms with Gasteiger partial charge in [0, 0.05) is 0 Å². The first-order chi connectivity index (χ1) is 5.65. The number of carboxylic acids is 1. The van der Waals surface area contributed by atoms with Crippen LogP contribution in [0.15, 0.2) is 6.20 Å². The zero-order chi connectivity index (χ0) is 9.14. The van der Waals surface area contributed by atoms with Crippen molar-refractivity contribution >= 4 is 17.6 Å². The molecule has 0 unspecified atom stereocenters. The molecule has 5 heteroatoms. The number of hydrogen-bond acceptors (Lipinski definition) is 2. The molecule has 1 N–H and O–H groups in total. The van der Waals surface area contributed by atoms with Crippen LogP contribution in [-0.2, 0) is 17.8 Å². The number of halogens is 1. The average molecular weight is 189 g/mol. The fourth-order valence-electron chi connectivity index (χ4n) is 1.00. The Balaban J connectivity index is 2.91. The lowest BCUT2D eigenvalue weighted by atomic mass is 10.3. The van der Waals surface area contributed by atoms with E-state index in [4.69, 9.17) is 16.7 Å². The minimum Gasteiger partial charge on any atom is -0.480 e. The quantitative estimate of drug-likeness (QED) is 0.775. The number of rotatable bonds is 3. The second-order valence-electron chi connectivity index (χ2n) is 2.34. The van der Waals surface area contributed by atoms with Crippen LogP contribution in [0.2, 0.25) is 5.02 Å². The van der Waals surface area contributed by atoms with Gasteiger partial charge in [-0.05, 0) is 6.42 Å². The van der Waals surface area contributed by atoms with Gasteiger partial charge in [0.05, 0.1) is 16.9 Å². The molecule has 0 radical (unpaired) electrons. The maximum atomic E-state index is 10.3. The highest BCUT2D eigenvalue weighted by atomic mass is 35.5. The zero-order valence-corrected chi connectivity index (χ0v) is 7.38. The molecule has 0 fully saturated rings. The van der Waals surface area contributed by atoms with Crippen molar-refractivity contribution in [2.75, 3.05) is 0 Å². The summed E-state index contributed by atoms with van der Waals surface area (Å²) >= 11 is 5.75. The van der Waals surface area contributed by atoms with Crippen LogP contribution in [0.25, 0.3) is 0 Å². The average Bonchev–Trinajstić information content (AvgIpc) is 2.30. The first-order valence-electron chi connectivity index (χ1n) is 3.57. The molecule has 0 aliphatic rings. The minimum absolute atomic E-state index is 0.129. The van der Waals surface area contributed by atoms with Crippen molar-refractivity contribution in [2.24, 2.45) is 0 Å². The number of hydrogen-bond donors (Lipinski definition) is 1. The van der Waals surface area contributed by atoms with E-state index in [0.717, 1.165) is 5.69 Å². The molecule has 0 saturated carbocycles. The molecule has 66 valence electrons. The fraction of sp³-hybridized carbons (Fsp3) is 0.429. The fourth-order valence-corrected chi connectivity index (χ4v) is 1.28. The maximum Gasteiger partial charge on any atom is 0.325 e. The monoisotopic (exact) mass is 188 g/mol. The van der Waals surface area contributed by atoms with Crippen LogP contribution < -0.4 is 0 Å². The lowest BCUT2D eigenvalue weighted by Gasteiger charge is -2.01. The van der Waals surface area contributed by atoms with E-state index >= 15 is 0 Å². The van der Waals surface area contributed by atoms with Gasteiger partial charge in [0.1, 0.15) is 6.54 Å². The molecule has 0 bridgehead atoms. The van der Waals surface area contributed by atoms with E-state index in [1.165, 1.54) is 10.9 Å². The van der Waals surface area contributed by atoms with Crippen molar-refractivity contribution in [3.63, 3.8) is 0 Å². The zero-order valence-electron chi connectivity index (χ0n) is 6.62. The largest absolute Gasteiger partial charge is 0.480 e. The molecule has 0 amide bonds. The Morgan fingerprint density at radius 3 is 3.00 bits per heavy atom. The predicted molar refractivity (Wildman–Crippen MR) is 44.3 cm³/mol. The molecule has 0 atom stereocenters. The molecule has 1 heterocycles. The molecule has 1 aromatic heterocycles. The molecule has 0 aliphatic heterocycles. The summed E-state index contributed by atoms with van der Waals surface area (Å²) in [6, 6.07) is 0. The van der Waals surface area contributed by atoms with Crippen molar-refractivity contribution in [3.8, 4) is 0 Å². The van der Waals surface area contributed by atoms with E-state index in [1.807, 2.05) is 6.92 Å². The maximum absolute atomic E-state index is 10.3. The Morgan fingerprint density at radius 1 is 1.83 bits per heavy atom. The van der Waals surface area contributed by atoms with Gasteiger partial charge in [-0.2, -0.15) is 5.10 Å². The van der Waals surface area contributed by atoms with Crippen molar-refractivity contribution in [2.45, 2.75) is 19.9 Å². The Kier molecular flexibility index (Phi) is 2.70. The summed E-state index contributed by atoms with van der Waals surface area (Å²) in [5.74, 6) is -0.913. The lowest BCUT2D eigenvalue weighted by Crippen LogP contribution is -2.12. The Hall–Kier alpha value is -1.03. The van der Waals surface area contributed by atoms with Crippen LogP contribution in [0, 0.1) is 0 Å². The van der Waals surface area contributed by atoms with Crippen LogP contribution in [-0.4, -0.2) is 20.9 Å². The van der Waals surface area contributed by atoms with E-state index < -0.39 is 5.97 Å². The van der Waals surface area contributed by atoms with Gasteiger partial charge in [-0.15, -0.1) is 0 Å². The smallest absolute Gasteiger partial charge is 0.325 e. The number of nitrogens with zero attached hydrogens (tertiary/aromatic N) is 2.